The summed E-state index contributed by atoms with van der Waals surface area (Å²) >= 11 is 5.93. The minimum absolute atomic E-state index is 0.239. The number of aryl methyl sites for hydroxylation is 1. The van der Waals surface area contributed by atoms with Crippen molar-refractivity contribution in [1.29, 1.82) is 0 Å². The molecular formula is C15H17ClN2O2S. The van der Waals surface area contributed by atoms with E-state index in [0.717, 1.165) is 16.8 Å². The topological polar surface area (TPSA) is 58.2 Å². The molecule has 112 valence electrons. The second-order valence-corrected chi connectivity index (χ2v) is 6.98. The van der Waals surface area contributed by atoms with Gasteiger partial charge in [-0.1, -0.05) is 23.7 Å². The van der Waals surface area contributed by atoms with Crippen LogP contribution in [-0.4, -0.2) is 15.5 Å². The first-order chi connectivity index (χ1) is 9.92. The molecule has 0 fully saturated rings. The molecule has 0 aliphatic rings. The summed E-state index contributed by atoms with van der Waals surface area (Å²) in [6.45, 7) is 2.59. The van der Waals surface area contributed by atoms with Gasteiger partial charge in [-0.15, -0.1) is 0 Å². The van der Waals surface area contributed by atoms with Gasteiger partial charge in [0.1, 0.15) is 0 Å². The molecule has 0 radical (unpaired) electrons. The van der Waals surface area contributed by atoms with E-state index in [0.29, 0.717) is 11.6 Å². The minimum atomic E-state index is -3.42. The lowest BCUT2D eigenvalue weighted by atomic mass is 10.1. The van der Waals surface area contributed by atoms with Gasteiger partial charge >= 0.3 is 0 Å². The van der Waals surface area contributed by atoms with Gasteiger partial charge in [-0.25, -0.2) is 13.1 Å². The lowest BCUT2D eigenvalue weighted by molar-refractivity contribution is 0.588. The molecule has 6 heteroatoms. The highest BCUT2D eigenvalue weighted by molar-refractivity contribution is 7.89. The molecule has 2 N–H and O–H groups in total. The highest BCUT2D eigenvalue weighted by atomic mass is 35.5. The molecule has 0 amide bonds. The summed E-state index contributed by atoms with van der Waals surface area (Å²) in [4.78, 5) is 0.239. The molecule has 0 unspecified atom stereocenters. The van der Waals surface area contributed by atoms with Crippen molar-refractivity contribution in [3.05, 3.63) is 58.6 Å². The van der Waals surface area contributed by atoms with Gasteiger partial charge in [-0.05, 0) is 55.4 Å². The Bertz CT molecular complexity index is 745. The van der Waals surface area contributed by atoms with Crippen molar-refractivity contribution in [2.24, 2.45) is 0 Å². The molecule has 0 heterocycles. The molecule has 0 saturated carbocycles. The highest BCUT2D eigenvalue weighted by Crippen LogP contribution is 2.19. The Morgan fingerprint density at radius 1 is 1.14 bits per heavy atom. The molecule has 2 aromatic rings. The second kappa shape index (κ2) is 6.47. The number of hydrogen-bond donors (Lipinski definition) is 2. The number of hydrogen-bond acceptors (Lipinski definition) is 3. The van der Waals surface area contributed by atoms with E-state index in [9.17, 15) is 8.42 Å². The van der Waals surface area contributed by atoms with Crippen LogP contribution in [0.15, 0.2) is 47.4 Å². The smallest absolute Gasteiger partial charge is 0.240 e. The lowest BCUT2D eigenvalue weighted by Gasteiger charge is -2.11. The number of nitrogens with one attached hydrogen (secondary N) is 2. The van der Waals surface area contributed by atoms with Crippen LogP contribution in [0.2, 0.25) is 5.02 Å². The molecule has 0 aliphatic carbocycles. The fraction of sp³-hybridized carbons (Fsp3) is 0.200. The van der Waals surface area contributed by atoms with Crippen LogP contribution < -0.4 is 10.0 Å². The van der Waals surface area contributed by atoms with E-state index in [1.54, 1.807) is 18.2 Å². The van der Waals surface area contributed by atoms with Crippen molar-refractivity contribution in [3.8, 4) is 0 Å². The van der Waals surface area contributed by atoms with E-state index in [1.807, 2.05) is 31.2 Å². The van der Waals surface area contributed by atoms with Crippen molar-refractivity contribution < 1.29 is 8.42 Å². The van der Waals surface area contributed by atoms with Crippen molar-refractivity contribution in [2.45, 2.75) is 18.4 Å². The van der Waals surface area contributed by atoms with E-state index in [2.05, 4.69) is 10.0 Å². The van der Waals surface area contributed by atoms with Gasteiger partial charge in [-0.3, -0.25) is 0 Å². The molecule has 4 nitrogen and oxygen atoms in total. The number of rotatable bonds is 5. The van der Waals surface area contributed by atoms with Gasteiger partial charge in [0.25, 0.3) is 0 Å². The Balaban J connectivity index is 2.16. The van der Waals surface area contributed by atoms with Gasteiger partial charge < -0.3 is 5.32 Å². The van der Waals surface area contributed by atoms with E-state index in [4.69, 9.17) is 11.6 Å². The molecule has 0 bridgehead atoms. The van der Waals surface area contributed by atoms with E-state index in [-0.39, 0.29) is 4.90 Å². The first kappa shape index (κ1) is 15.8. The van der Waals surface area contributed by atoms with Gasteiger partial charge in [0.05, 0.1) is 4.90 Å². The number of sulfonamides is 1. The zero-order valence-corrected chi connectivity index (χ0v) is 13.4. The Kier molecular flexibility index (Phi) is 4.88. The van der Waals surface area contributed by atoms with Crippen LogP contribution in [0.5, 0.6) is 0 Å². The molecule has 2 aromatic carbocycles. The standard InChI is InChI=1S/C15H17ClN2O2S/c1-11-8-13(16)7-6-12(11)10-18-14-4-3-5-15(9-14)21(19,20)17-2/h3-9,17-18H,10H2,1-2H3. The predicted molar refractivity (Wildman–Crippen MR) is 86.2 cm³/mol. The molecule has 0 atom stereocenters. The fourth-order valence-electron chi connectivity index (χ4n) is 1.95. The van der Waals surface area contributed by atoms with Crippen LogP contribution in [-0.2, 0) is 16.6 Å². The molecule has 2 rings (SSSR count). The average molecular weight is 325 g/mol. The maximum absolute atomic E-state index is 11.8. The SMILES string of the molecule is CNS(=O)(=O)c1cccc(NCc2ccc(Cl)cc2C)c1. The van der Waals surface area contributed by atoms with E-state index >= 15 is 0 Å². The van der Waals surface area contributed by atoms with Crippen molar-refractivity contribution in [3.63, 3.8) is 0 Å². The third kappa shape index (κ3) is 3.97. The molecule has 0 saturated heterocycles. The van der Waals surface area contributed by atoms with Gasteiger partial charge in [0, 0.05) is 17.3 Å². The summed E-state index contributed by atoms with van der Waals surface area (Å²) in [6.07, 6.45) is 0. The third-order valence-corrected chi connectivity index (χ3v) is 4.85. The zero-order valence-electron chi connectivity index (χ0n) is 11.9. The summed E-state index contributed by atoms with van der Waals surface area (Å²) in [5, 5.41) is 3.93. The van der Waals surface area contributed by atoms with Gasteiger partial charge in [0.15, 0.2) is 0 Å². The first-order valence-corrected chi connectivity index (χ1v) is 8.31. The van der Waals surface area contributed by atoms with Crippen molar-refractivity contribution in [2.75, 3.05) is 12.4 Å². The Morgan fingerprint density at radius 2 is 1.90 bits per heavy atom. The number of halogens is 1. The van der Waals surface area contributed by atoms with Crippen LogP contribution >= 0.6 is 11.6 Å². The average Bonchev–Trinajstić information content (AvgIpc) is 2.46. The fourth-order valence-corrected chi connectivity index (χ4v) is 2.95. The third-order valence-electron chi connectivity index (χ3n) is 3.20. The van der Waals surface area contributed by atoms with Gasteiger partial charge in [0.2, 0.25) is 10.0 Å². The molecular weight excluding hydrogens is 308 g/mol. The van der Waals surface area contributed by atoms with Crippen LogP contribution in [0.3, 0.4) is 0 Å². The molecule has 0 aromatic heterocycles. The normalized spacial score (nSPS) is 11.4. The van der Waals surface area contributed by atoms with Crippen LogP contribution in [0, 0.1) is 6.92 Å². The van der Waals surface area contributed by atoms with Gasteiger partial charge in [-0.2, -0.15) is 0 Å². The Morgan fingerprint density at radius 3 is 2.57 bits per heavy atom. The number of benzene rings is 2. The minimum Gasteiger partial charge on any atom is -0.381 e. The summed E-state index contributed by atoms with van der Waals surface area (Å²) in [7, 11) is -2.03. The van der Waals surface area contributed by atoms with Crippen LogP contribution in [0.25, 0.3) is 0 Å². The summed E-state index contributed by atoms with van der Waals surface area (Å²) in [5.41, 5.74) is 2.95. The number of anilines is 1. The highest BCUT2D eigenvalue weighted by Gasteiger charge is 2.11. The summed E-state index contributed by atoms with van der Waals surface area (Å²) in [5.74, 6) is 0. The Hall–Kier alpha value is -1.56. The van der Waals surface area contributed by atoms with Crippen molar-refractivity contribution >= 4 is 27.3 Å². The second-order valence-electron chi connectivity index (χ2n) is 4.66. The first-order valence-electron chi connectivity index (χ1n) is 6.45. The van der Waals surface area contributed by atoms with Crippen LogP contribution in [0.1, 0.15) is 11.1 Å². The van der Waals surface area contributed by atoms with Crippen LogP contribution in [0.4, 0.5) is 5.69 Å². The maximum atomic E-state index is 11.8. The zero-order chi connectivity index (χ0) is 15.5. The predicted octanol–water partition coefficient (Wildman–Crippen LogP) is 3.17. The monoisotopic (exact) mass is 324 g/mol. The van der Waals surface area contributed by atoms with Crippen molar-refractivity contribution in [1.82, 2.24) is 4.72 Å². The van der Waals surface area contributed by atoms with E-state index in [1.165, 1.54) is 7.05 Å². The largest absolute Gasteiger partial charge is 0.381 e. The summed E-state index contributed by atoms with van der Waals surface area (Å²) in [6, 6.07) is 12.4. The maximum Gasteiger partial charge on any atom is 0.240 e. The molecule has 0 aliphatic heterocycles. The van der Waals surface area contributed by atoms with E-state index < -0.39 is 10.0 Å². The molecule has 21 heavy (non-hydrogen) atoms. The lowest BCUT2D eigenvalue weighted by Crippen LogP contribution is -2.18. The Labute approximate surface area is 130 Å². The summed E-state index contributed by atoms with van der Waals surface area (Å²) < 4.78 is 25.8. The molecule has 0 spiro atoms. The quantitative estimate of drug-likeness (QED) is 0.888.